The number of fused-ring (bicyclic) bond motifs is 1. The molecule has 0 aliphatic carbocycles. The number of pyridine rings is 1. The third kappa shape index (κ3) is 4.06. The van der Waals surface area contributed by atoms with Crippen LogP contribution in [0.15, 0.2) is 60.8 Å². The molecule has 27 heavy (non-hydrogen) atoms. The summed E-state index contributed by atoms with van der Waals surface area (Å²) in [5.74, 6) is -0.235. The first-order valence-electron chi connectivity index (χ1n) is 8.48. The van der Waals surface area contributed by atoms with Crippen molar-refractivity contribution in [1.82, 2.24) is 10.3 Å². The summed E-state index contributed by atoms with van der Waals surface area (Å²) in [4.78, 5) is 29.4. The fourth-order valence-corrected chi connectivity index (χ4v) is 2.96. The van der Waals surface area contributed by atoms with E-state index in [4.69, 9.17) is 9.47 Å². The zero-order valence-corrected chi connectivity index (χ0v) is 15.1. The van der Waals surface area contributed by atoms with Gasteiger partial charge in [0.15, 0.2) is 0 Å². The second-order valence-corrected chi connectivity index (χ2v) is 5.94. The van der Waals surface area contributed by atoms with Crippen LogP contribution in [-0.2, 0) is 16.0 Å². The number of para-hydroxylation sites is 2. The molecule has 0 saturated heterocycles. The van der Waals surface area contributed by atoms with Crippen molar-refractivity contribution in [1.29, 1.82) is 0 Å². The highest BCUT2D eigenvalue weighted by Crippen LogP contribution is 2.20. The molecule has 0 fully saturated rings. The maximum atomic E-state index is 12.9. The number of nitrogens with zero attached hydrogens (tertiary/aromatic N) is 1. The van der Waals surface area contributed by atoms with Crippen LogP contribution in [-0.4, -0.2) is 37.1 Å². The van der Waals surface area contributed by atoms with Crippen LogP contribution >= 0.6 is 0 Å². The molecule has 0 unspecified atom stereocenters. The Balaban J connectivity index is 1.88. The average molecular weight is 364 g/mol. The van der Waals surface area contributed by atoms with E-state index in [2.05, 4.69) is 10.3 Å². The second kappa shape index (κ2) is 8.31. The van der Waals surface area contributed by atoms with Crippen molar-refractivity contribution in [2.75, 3.05) is 14.2 Å². The van der Waals surface area contributed by atoms with Gasteiger partial charge in [-0.15, -0.1) is 0 Å². The molecule has 0 bridgehead atoms. The van der Waals surface area contributed by atoms with Gasteiger partial charge >= 0.3 is 5.97 Å². The highest BCUT2D eigenvalue weighted by Gasteiger charge is 2.24. The lowest BCUT2D eigenvalue weighted by Crippen LogP contribution is -2.43. The van der Waals surface area contributed by atoms with Gasteiger partial charge in [-0.3, -0.25) is 9.78 Å². The molecule has 1 atom stereocenters. The van der Waals surface area contributed by atoms with E-state index in [1.807, 2.05) is 48.5 Å². The van der Waals surface area contributed by atoms with Gasteiger partial charge in [-0.1, -0.05) is 36.4 Å². The summed E-state index contributed by atoms with van der Waals surface area (Å²) >= 11 is 0. The van der Waals surface area contributed by atoms with Crippen LogP contribution in [0.1, 0.15) is 15.9 Å². The van der Waals surface area contributed by atoms with Crippen molar-refractivity contribution >= 4 is 22.8 Å². The predicted molar refractivity (Wildman–Crippen MR) is 102 cm³/mol. The number of amides is 1. The van der Waals surface area contributed by atoms with E-state index in [1.165, 1.54) is 7.11 Å². The van der Waals surface area contributed by atoms with Crippen LogP contribution < -0.4 is 10.1 Å². The molecule has 2 aromatic carbocycles. The molecule has 0 radical (unpaired) electrons. The quantitative estimate of drug-likeness (QED) is 0.681. The monoisotopic (exact) mass is 364 g/mol. The molecule has 6 heteroatoms. The SMILES string of the molecule is COC(=O)[C@@H](Cc1ccccc1OC)NC(=O)c1ccnc2ccccc12. The molecule has 3 aromatic rings. The van der Waals surface area contributed by atoms with E-state index in [1.54, 1.807) is 19.4 Å². The molecule has 1 N–H and O–H groups in total. The largest absolute Gasteiger partial charge is 0.496 e. The van der Waals surface area contributed by atoms with Crippen molar-refractivity contribution in [2.45, 2.75) is 12.5 Å². The lowest BCUT2D eigenvalue weighted by atomic mass is 10.0. The number of benzene rings is 2. The lowest BCUT2D eigenvalue weighted by Gasteiger charge is -2.18. The molecule has 1 amide bonds. The number of rotatable bonds is 6. The van der Waals surface area contributed by atoms with Crippen LogP contribution in [0.25, 0.3) is 10.9 Å². The van der Waals surface area contributed by atoms with Gasteiger partial charge in [-0.05, 0) is 23.8 Å². The first kappa shape index (κ1) is 18.4. The molecule has 3 rings (SSSR count). The minimum absolute atomic E-state index is 0.255. The number of nitrogens with one attached hydrogen (secondary N) is 1. The van der Waals surface area contributed by atoms with E-state index >= 15 is 0 Å². The Hall–Kier alpha value is -3.41. The Labute approximate surface area is 157 Å². The van der Waals surface area contributed by atoms with Crippen molar-refractivity contribution in [3.63, 3.8) is 0 Å². The fraction of sp³-hybridized carbons (Fsp3) is 0.190. The van der Waals surface area contributed by atoms with E-state index < -0.39 is 12.0 Å². The maximum absolute atomic E-state index is 12.9. The third-order valence-electron chi connectivity index (χ3n) is 4.30. The maximum Gasteiger partial charge on any atom is 0.328 e. The lowest BCUT2D eigenvalue weighted by molar-refractivity contribution is -0.142. The Bertz CT molecular complexity index is 966. The Kier molecular flexibility index (Phi) is 5.66. The first-order valence-corrected chi connectivity index (χ1v) is 8.48. The van der Waals surface area contributed by atoms with Crippen LogP contribution in [0, 0.1) is 0 Å². The van der Waals surface area contributed by atoms with Crippen LogP contribution in [0.2, 0.25) is 0 Å². The van der Waals surface area contributed by atoms with Crippen LogP contribution in [0.3, 0.4) is 0 Å². The number of hydrogen-bond acceptors (Lipinski definition) is 5. The number of methoxy groups -OCH3 is 2. The Morgan fingerprint density at radius 3 is 2.56 bits per heavy atom. The van der Waals surface area contributed by atoms with Crippen molar-refractivity contribution in [3.8, 4) is 5.75 Å². The molecule has 1 heterocycles. The molecule has 1 aromatic heterocycles. The van der Waals surface area contributed by atoms with Gasteiger partial charge in [0.05, 0.1) is 25.3 Å². The smallest absolute Gasteiger partial charge is 0.328 e. The zero-order valence-electron chi connectivity index (χ0n) is 15.1. The summed E-state index contributed by atoms with van der Waals surface area (Å²) in [6.45, 7) is 0. The first-order chi connectivity index (χ1) is 13.1. The fourth-order valence-electron chi connectivity index (χ4n) is 2.96. The number of carbonyl (C=O) groups is 2. The minimum Gasteiger partial charge on any atom is -0.496 e. The summed E-state index contributed by atoms with van der Waals surface area (Å²) in [5, 5.41) is 3.50. The normalized spacial score (nSPS) is 11.6. The van der Waals surface area contributed by atoms with E-state index in [-0.39, 0.29) is 12.3 Å². The Morgan fingerprint density at radius 1 is 1.04 bits per heavy atom. The number of hydrogen-bond donors (Lipinski definition) is 1. The predicted octanol–water partition coefficient (Wildman–Crippen LogP) is 2.76. The van der Waals surface area contributed by atoms with Gasteiger partial charge in [-0.2, -0.15) is 0 Å². The zero-order chi connectivity index (χ0) is 19.2. The summed E-state index contributed by atoms with van der Waals surface area (Å²) < 4.78 is 10.2. The van der Waals surface area contributed by atoms with Crippen LogP contribution in [0.5, 0.6) is 5.75 Å². The van der Waals surface area contributed by atoms with Crippen molar-refractivity contribution in [3.05, 3.63) is 71.9 Å². The van der Waals surface area contributed by atoms with Gasteiger partial charge in [-0.25, -0.2) is 4.79 Å². The molecule has 138 valence electrons. The summed E-state index contributed by atoms with van der Waals surface area (Å²) in [6, 6.07) is 15.5. The number of aromatic nitrogens is 1. The van der Waals surface area contributed by atoms with Crippen LogP contribution in [0.4, 0.5) is 0 Å². The van der Waals surface area contributed by atoms with Gasteiger partial charge in [0.1, 0.15) is 11.8 Å². The topological polar surface area (TPSA) is 77.5 Å². The van der Waals surface area contributed by atoms with Gasteiger partial charge in [0.25, 0.3) is 5.91 Å². The van der Waals surface area contributed by atoms with E-state index in [9.17, 15) is 9.59 Å². The molecule has 6 nitrogen and oxygen atoms in total. The highest BCUT2D eigenvalue weighted by atomic mass is 16.5. The molecular weight excluding hydrogens is 344 g/mol. The van der Waals surface area contributed by atoms with Gasteiger partial charge in [0, 0.05) is 18.0 Å². The second-order valence-electron chi connectivity index (χ2n) is 5.94. The van der Waals surface area contributed by atoms with Crippen molar-refractivity contribution in [2.24, 2.45) is 0 Å². The van der Waals surface area contributed by atoms with E-state index in [0.29, 0.717) is 16.8 Å². The summed E-state index contributed by atoms with van der Waals surface area (Å²) in [6.07, 6.45) is 1.83. The standard InChI is InChI=1S/C21H20N2O4/c1-26-19-10-6-3-7-14(19)13-18(21(25)27-2)23-20(24)16-11-12-22-17-9-5-4-8-15(16)17/h3-12,18H,13H2,1-2H3,(H,23,24)/t18-/m1/s1. The molecular formula is C21H20N2O4. The Morgan fingerprint density at radius 2 is 1.78 bits per heavy atom. The number of ether oxygens (including phenoxy) is 2. The van der Waals surface area contributed by atoms with E-state index in [0.717, 1.165) is 10.9 Å². The average Bonchev–Trinajstić information content (AvgIpc) is 2.72. The summed E-state index contributed by atoms with van der Waals surface area (Å²) in [7, 11) is 2.86. The molecule has 0 saturated carbocycles. The van der Waals surface area contributed by atoms with Gasteiger partial charge < -0.3 is 14.8 Å². The third-order valence-corrected chi connectivity index (χ3v) is 4.30. The summed E-state index contributed by atoms with van der Waals surface area (Å²) in [5.41, 5.74) is 1.97. The molecule has 0 aliphatic rings. The molecule has 0 spiro atoms. The van der Waals surface area contributed by atoms with Gasteiger partial charge in [0.2, 0.25) is 0 Å². The van der Waals surface area contributed by atoms with Crippen molar-refractivity contribution < 1.29 is 19.1 Å². The number of carbonyl (C=O) groups excluding carboxylic acids is 2. The molecule has 0 aliphatic heterocycles. The minimum atomic E-state index is -0.842. The number of esters is 1. The highest BCUT2D eigenvalue weighted by molar-refractivity contribution is 6.07.